The number of hydrogen-bond donors (Lipinski definition) is 2. The molecule has 0 fully saturated rings. The number of nitrogens with zero attached hydrogens (tertiary/aromatic N) is 2. The first kappa shape index (κ1) is 37.0. The van der Waals surface area contributed by atoms with Crippen LogP contribution in [0.4, 0.5) is 19.4 Å². The summed E-state index contributed by atoms with van der Waals surface area (Å²) in [4.78, 5) is 29.7. The Morgan fingerprint density at radius 1 is 0.978 bits per heavy atom. The molecule has 1 heterocycles. The van der Waals surface area contributed by atoms with E-state index in [9.17, 15) is 22.9 Å². The number of carbonyl (C=O) groups is 2. The lowest BCUT2D eigenvalue weighted by Gasteiger charge is -2.32. The third kappa shape index (κ3) is 12.0. The van der Waals surface area contributed by atoms with Crippen molar-refractivity contribution >= 4 is 36.4 Å². The van der Waals surface area contributed by atoms with Crippen LogP contribution in [0.15, 0.2) is 54.7 Å². The molecule has 14 heteroatoms. The van der Waals surface area contributed by atoms with Crippen LogP contribution >= 0.6 is 7.82 Å². The van der Waals surface area contributed by atoms with E-state index in [2.05, 4.69) is 15.7 Å². The number of amides is 2. The van der Waals surface area contributed by atoms with Crippen LogP contribution in [0.5, 0.6) is 0 Å². The van der Waals surface area contributed by atoms with E-state index >= 15 is 0 Å². The van der Waals surface area contributed by atoms with Crippen LogP contribution in [0, 0.1) is 11.6 Å². The maximum atomic E-state index is 14.3. The number of rotatable bonds is 14. The Balaban J connectivity index is 1.72. The topological polar surface area (TPSA) is 128 Å². The van der Waals surface area contributed by atoms with E-state index in [4.69, 9.17) is 18.3 Å². The van der Waals surface area contributed by atoms with Crippen molar-refractivity contribution in [3.8, 4) is 0 Å². The van der Waals surface area contributed by atoms with Crippen molar-refractivity contribution in [3.05, 3.63) is 71.9 Å². The molecule has 0 aliphatic heterocycles. The molecule has 1 atom stereocenters. The summed E-state index contributed by atoms with van der Waals surface area (Å²) >= 11 is 0. The first-order chi connectivity index (χ1) is 21.4. The maximum absolute atomic E-state index is 14.3. The lowest BCUT2D eigenvalue weighted by molar-refractivity contribution is -0.136. The minimum absolute atomic E-state index is 0.00558. The summed E-state index contributed by atoms with van der Waals surface area (Å²) < 4.78 is 64.0. The summed E-state index contributed by atoms with van der Waals surface area (Å²) in [5.74, 6) is -2.27. The number of phosphoric ester groups is 1. The van der Waals surface area contributed by atoms with Gasteiger partial charge in [-0.2, -0.15) is 0 Å². The fraction of sp³-hybridized carbons (Fsp3) is 0.469. The molecule has 0 unspecified atom stereocenters. The number of benzene rings is 2. The third-order valence-corrected chi connectivity index (χ3v) is 8.19. The molecule has 0 aliphatic rings. The number of fused-ring (bicyclic) bond motifs is 1. The summed E-state index contributed by atoms with van der Waals surface area (Å²) in [6.07, 6.45) is 1.22. The molecule has 3 aromatic rings. The summed E-state index contributed by atoms with van der Waals surface area (Å²) in [6, 6.07) is 12.1. The number of phosphoric acid groups is 1. The molecule has 0 aliphatic carbocycles. The maximum Gasteiger partial charge on any atom is 0.475 e. The zero-order valence-corrected chi connectivity index (χ0v) is 28.2. The van der Waals surface area contributed by atoms with Gasteiger partial charge in [0, 0.05) is 30.6 Å². The van der Waals surface area contributed by atoms with Crippen molar-refractivity contribution in [2.24, 2.45) is 0 Å². The third-order valence-electron chi connectivity index (χ3n) is 6.15. The van der Waals surface area contributed by atoms with Crippen molar-refractivity contribution in [1.29, 1.82) is 0 Å². The SMILES string of the molecule is CC(=O)N(NCc1cccc(F)c1F)[C@@H](CCCOP(=O)(OC(C)(C)C)OC(C)(C)C)COC(=O)Nc1cc2ccccc2cn1. The number of halogens is 2. The van der Waals surface area contributed by atoms with Gasteiger partial charge in [0.05, 0.1) is 23.9 Å². The Morgan fingerprint density at radius 3 is 2.26 bits per heavy atom. The lowest BCUT2D eigenvalue weighted by Crippen LogP contribution is -2.50. The highest BCUT2D eigenvalue weighted by atomic mass is 31.2. The van der Waals surface area contributed by atoms with Gasteiger partial charge in [0.15, 0.2) is 11.6 Å². The van der Waals surface area contributed by atoms with Crippen molar-refractivity contribution in [1.82, 2.24) is 15.4 Å². The average Bonchev–Trinajstić information content (AvgIpc) is 2.93. The number of carbonyl (C=O) groups excluding carboxylic acids is 2. The standard InChI is InChI=1S/C32H43F2N4O7P/c1-22(39)38(36-20-25-14-10-16-27(33)29(25)34)26(15-11-17-43-46(41,44-31(2,3)4)45-32(5,6)7)21-42-30(40)37-28-18-23-12-8-9-13-24(23)19-35-28/h8-10,12-14,16,18-19,26,36H,11,15,17,20-21H2,1-7H3,(H,35,37,40)/t26-/m0/s1. The van der Waals surface area contributed by atoms with Crippen LogP contribution in [0.1, 0.15) is 66.9 Å². The zero-order chi connectivity index (χ0) is 34.1. The van der Waals surface area contributed by atoms with E-state index in [0.717, 1.165) is 16.8 Å². The van der Waals surface area contributed by atoms with Crippen molar-refractivity contribution < 1.29 is 41.2 Å². The van der Waals surface area contributed by atoms with Gasteiger partial charge in [0.2, 0.25) is 5.91 Å². The Kier molecular flexibility index (Phi) is 12.8. The van der Waals surface area contributed by atoms with Crippen molar-refractivity contribution in [3.63, 3.8) is 0 Å². The summed E-state index contributed by atoms with van der Waals surface area (Å²) in [6.45, 7) is 11.0. The van der Waals surface area contributed by atoms with Crippen molar-refractivity contribution in [2.75, 3.05) is 18.5 Å². The zero-order valence-electron chi connectivity index (χ0n) is 27.3. The molecular weight excluding hydrogens is 621 g/mol. The molecule has 0 radical (unpaired) electrons. The molecule has 1 aromatic heterocycles. The van der Waals surface area contributed by atoms with Gasteiger partial charge in [-0.3, -0.25) is 28.7 Å². The molecule has 3 rings (SSSR count). The van der Waals surface area contributed by atoms with Crippen LogP contribution in [0.3, 0.4) is 0 Å². The molecular formula is C32H43F2N4O7P. The van der Waals surface area contributed by atoms with Gasteiger partial charge in [0.1, 0.15) is 12.4 Å². The predicted molar refractivity (Wildman–Crippen MR) is 171 cm³/mol. The van der Waals surface area contributed by atoms with Crippen LogP contribution in [0.2, 0.25) is 0 Å². The smallest absolute Gasteiger partial charge is 0.447 e. The Labute approximate surface area is 268 Å². The number of pyridine rings is 1. The highest BCUT2D eigenvalue weighted by Gasteiger charge is 2.37. The molecule has 2 N–H and O–H groups in total. The van der Waals surface area contributed by atoms with Crippen LogP contribution in [-0.2, 0) is 34.2 Å². The molecule has 0 spiro atoms. The highest BCUT2D eigenvalue weighted by molar-refractivity contribution is 7.48. The monoisotopic (exact) mass is 664 g/mol. The van der Waals surface area contributed by atoms with E-state index < -0.39 is 48.7 Å². The highest BCUT2D eigenvalue weighted by Crippen LogP contribution is 2.55. The van der Waals surface area contributed by atoms with Gasteiger partial charge in [0.25, 0.3) is 0 Å². The van der Waals surface area contributed by atoms with Gasteiger partial charge in [-0.25, -0.2) is 28.6 Å². The largest absolute Gasteiger partial charge is 0.475 e. The minimum atomic E-state index is -3.99. The lowest BCUT2D eigenvalue weighted by atomic mass is 10.1. The van der Waals surface area contributed by atoms with Crippen LogP contribution in [0.25, 0.3) is 10.8 Å². The first-order valence-corrected chi connectivity index (χ1v) is 16.3. The van der Waals surface area contributed by atoms with Gasteiger partial charge in [-0.1, -0.05) is 36.4 Å². The Hall–Kier alpha value is -3.48. The number of hydrogen-bond acceptors (Lipinski definition) is 9. The number of ether oxygens (including phenoxy) is 1. The number of hydrazine groups is 1. The molecule has 0 saturated heterocycles. The molecule has 0 saturated carbocycles. The quantitative estimate of drug-likeness (QED) is 0.102. The van der Waals surface area contributed by atoms with Gasteiger partial charge < -0.3 is 4.74 Å². The molecule has 0 bridgehead atoms. The predicted octanol–water partition coefficient (Wildman–Crippen LogP) is 7.52. The second-order valence-electron chi connectivity index (χ2n) is 12.6. The first-order valence-electron chi connectivity index (χ1n) is 14.9. The van der Waals surface area contributed by atoms with Gasteiger partial charge in [-0.15, -0.1) is 0 Å². The second kappa shape index (κ2) is 15.9. The number of anilines is 1. The molecule has 11 nitrogen and oxygen atoms in total. The molecule has 252 valence electrons. The van der Waals surface area contributed by atoms with Crippen LogP contribution in [-0.4, -0.2) is 52.5 Å². The fourth-order valence-electron chi connectivity index (χ4n) is 4.34. The van der Waals surface area contributed by atoms with Gasteiger partial charge in [-0.05, 0) is 71.9 Å². The Bertz CT molecular complexity index is 1520. The minimum Gasteiger partial charge on any atom is -0.447 e. The van der Waals surface area contributed by atoms with Crippen LogP contribution < -0.4 is 10.7 Å². The van der Waals surface area contributed by atoms with Crippen molar-refractivity contribution in [2.45, 2.75) is 85.1 Å². The summed E-state index contributed by atoms with van der Waals surface area (Å²) in [5, 5.41) is 5.52. The molecule has 2 aromatic carbocycles. The number of aromatic nitrogens is 1. The molecule has 46 heavy (non-hydrogen) atoms. The van der Waals surface area contributed by atoms with E-state index in [-0.39, 0.29) is 44.0 Å². The summed E-state index contributed by atoms with van der Waals surface area (Å²) in [5.41, 5.74) is 1.16. The van der Waals surface area contributed by atoms with E-state index in [0.29, 0.717) is 0 Å². The van der Waals surface area contributed by atoms with E-state index in [1.807, 2.05) is 24.3 Å². The van der Waals surface area contributed by atoms with E-state index in [1.165, 1.54) is 24.1 Å². The Morgan fingerprint density at radius 2 is 1.63 bits per heavy atom. The molecule has 2 amide bonds. The van der Waals surface area contributed by atoms with E-state index in [1.54, 1.807) is 53.8 Å². The van der Waals surface area contributed by atoms with Gasteiger partial charge >= 0.3 is 13.9 Å². The summed E-state index contributed by atoms with van der Waals surface area (Å²) in [7, 11) is -3.99. The average molecular weight is 665 g/mol. The second-order valence-corrected chi connectivity index (χ2v) is 14.1. The number of nitrogens with one attached hydrogen (secondary N) is 2. The fourth-order valence-corrected chi connectivity index (χ4v) is 6.18. The normalized spacial score (nSPS) is 13.0.